The summed E-state index contributed by atoms with van der Waals surface area (Å²) in [5, 5.41) is 0. The van der Waals surface area contributed by atoms with Gasteiger partial charge in [0.25, 0.3) is 0 Å². The van der Waals surface area contributed by atoms with Crippen molar-refractivity contribution in [3.05, 3.63) is 29.8 Å². The molecule has 1 aliphatic heterocycles. The topological polar surface area (TPSA) is 46.3 Å². The first-order valence-corrected chi connectivity index (χ1v) is 13.7. The number of carbonyl (C=O) groups excluding carboxylic acids is 1. The minimum absolute atomic E-state index is 0.233. The average Bonchev–Trinajstić information content (AvgIpc) is 3.40. The van der Waals surface area contributed by atoms with E-state index in [9.17, 15) is 4.79 Å². The Labute approximate surface area is 217 Å². The number of anilines is 1. The van der Waals surface area contributed by atoms with Crippen molar-refractivity contribution in [2.24, 2.45) is 29.6 Å². The second kappa shape index (κ2) is 13.5. The number of Topliss-reactive ketones (excluding diaryl/α,β-unsaturated/α-hetero) is 1. The highest BCUT2D eigenvalue weighted by atomic mass is 16.1. The summed E-state index contributed by atoms with van der Waals surface area (Å²) in [6, 6.07) is 8.13. The summed E-state index contributed by atoms with van der Waals surface area (Å²) in [5.74, 6) is 9.10. The molecule has 1 saturated heterocycles. The third kappa shape index (κ3) is 9.64. The quantitative estimate of drug-likeness (QED) is 0.346. The van der Waals surface area contributed by atoms with Crippen LogP contribution in [0.4, 0.5) is 5.69 Å². The van der Waals surface area contributed by atoms with Crippen LogP contribution < -0.4 is 5.73 Å². The van der Waals surface area contributed by atoms with Crippen LogP contribution in [0.15, 0.2) is 24.3 Å². The molecule has 4 unspecified atom stereocenters. The van der Waals surface area contributed by atoms with Crippen LogP contribution in [0.5, 0.6) is 0 Å². The number of nitrogen functional groups attached to an aromatic ring is 1. The molecule has 0 radical (unpaired) electrons. The molecule has 3 heteroatoms. The first-order chi connectivity index (χ1) is 16.2. The Morgan fingerprint density at radius 3 is 2.03 bits per heavy atom. The van der Waals surface area contributed by atoms with E-state index in [4.69, 9.17) is 5.73 Å². The number of hydrogen-bond donors (Lipinski definition) is 1. The van der Waals surface area contributed by atoms with Gasteiger partial charge in [-0.25, -0.2) is 0 Å². The molecule has 0 spiro atoms. The highest BCUT2D eigenvalue weighted by molar-refractivity contribution is 5.78. The fraction of sp³-hybridized carbons (Fsp3) is 0.719. The monoisotopic (exact) mass is 482 g/mol. The molecule has 2 N–H and O–H groups in total. The van der Waals surface area contributed by atoms with E-state index in [1.807, 2.05) is 26.0 Å². The molecule has 35 heavy (non-hydrogen) atoms. The van der Waals surface area contributed by atoms with E-state index >= 15 is 0 Å². The highest BCUT2D eigenvalue weighted by Gasteiger charge is 2.49. The Hall–Kier alpha value is -1.79. The zero-order chi connectivity index (χ0) is 27.0. The van der Waals surface area contributed by atoms with Crippen LogP contribution in [0, 0.1) is 41.4 Å². The van der Waals surface area contributed by atoms with E-state index in [0.29, 0.717) is 28.7 Å². The molecule has 0 amide bonds. The largest absolute Gasteiger partial charge is 0.399 e. The minimum Gasteiger partial charge on any atom is -0.399 e. The standard InChI is InChI=1S/C16H23NO.C11H23N.C5H8/c1-10(12(3)18)16-11(2)15(16)9-6-13-4-7-14(17)8-5-13;1-9-7-10(2,3)12(6)11(4,5)8-9;1-3-5-4-2/h4-5,7-8,10-11,15-16H,6,9,17H2,1-3H3;9H,7-8H2,1-6H3;3H2,1-2H3. The summed E-state index contributed by atoms with van der Waals surface area (Å²) in [6.07, 6.45) is 5.92. The second-order valence-electron chi connectivity index (χ2n) is 12.3. The van der Waals surface area contributed by atoms with Crippen LogP contribution in [0.2, 0.25) is 0 Å². The molecule has 0 aromatic heterocycles. The summed E-state index contributed by atoms with van der Waals surface area (Å²) in [6.45, 7) is 21.7. The number of benzene rings is 1. The lowest BCUT2D eigenvalue weighted by molar-refractivity contribution is -0.121. The molecule has 1 heterocycles. The van der Waals surface area contributed by atoms with Crippen molar-refractivity contribution in [2.75, 3.05) is 12.8 Å². The zero-order valence-electron chi connectivity index (χ0n) is 24.7. The predicted molar refractivity (Wildman–Crippen MR) is 153 cm³/mol. The molecule has 0 bridgehead atoms. The van der Waals surface area contributed by atoms with Crippen molar-refractivity contribution in [3.8, 4) is 11.8 Å². The Morgan fingerprint density at radius 2 is 1.63 bits per heavy atom. The van der Waals surface area contributed by atoms with Crippen LogP contribution >= 0.6 is 0 Å². The highest BCUT2D eigenvalue weighted by Crippen LogP contribution is 2.53. The molecule has 2 fully saturated rings. The van der Waals surface area contributed by atoms with Gasteiger partial charge < -0.3 is 5.73 Å². The van der Waals surface area contributed by atoms with E-state index < -0.39 is 0 Å². The van der Waals surface area contributed by atoms with Crippen molar-refractivity contribution in [2.45, 2.75) is 112 Å². The van der Waals surface area contributed by atoms with Gasteiger partial charge >= 0.3 is 0 Å². The van der Waals surface area contributed by atoms with Gasteiger partial charge in [-0.3, -0.25) is 9.69 Å². The average molecular weight is 483 g/mol. The summed E-state index contributed by atoms with van der Waals surface area (Å²) >= 11 is 0. The molecule has 1 saturated carbocycles. The number of hydrogen-bond acceptors (Lipinski definition) is 3. The van der Waals surface area contributed by atoms with Crippen LogP contribution in [0.1, 0.15) is 100 Å². The molecule has 1 aliphatic carbocycles. The lowest BCUT2D eigenvalue weighted by Gasteiger charge is -2.53. The maximum absolute atomic E-state index is 11.4. The van der Waals surface area contributed by atoms with E-state index in [-0.39, 0.29) is 5.92 Å². The molecular formula is C32H54N2O. The van der Waals surface area contributed by atoms with Gasteiger partial charge in [0.05, 0.1) is 0 Å². The normalized spacial score (nSPS) is 25.5. The number of piperidine rings is 1. The van der Waals surface area contributed by atoms with Crippen molar-refractivity contribution < 1.29 is 4.79 Å². The van der Waals surface area contributed by atoms with E-state index in [2.05, 4.69) is 84.4 Å². The van der Waals surface area contributed by atoms with Gasteiger partial charge in [-0.1, -0.05) is 39.8 Å². The number of carbonyl (C=O) groups is 1. The van der Waals surface area contributed by atoms with Crippen LogP contribution in [-0.4, -0.2) is 28.8 Å². The van der Waals surface area contributed by atoms with Gasteiger partial charge in [0.15, 0.2) is 0 Å². The number of aryl methyl sites for hydroxylation is 1. The molecule has 2 aliphatic rings. The van der Waals surface area contributed by atoms with Crippen LogP contribution in [0.25, 0.3) is 0 Å². The van der Waals surface area contributed by atoms with E-state index in [0.717, 1.165) is 30.4 Å². The number of nitrogens with zero attached hydrogens (tertiary/aromatic N) is 1. The SMILES string of the molecule is CC#CCC.CC(=O)C(C)C1C(C)C1CCc1ccc(N)cc1.CC1CC(C)(C)N(C)C(C)(C)C1. The van der Waals surface area contributed by atoms with Gasteiger partial charge in [-0.05, 0) is 116 Å². The van der Waals surface area contributed by atoms with Crippen LogP contribution in [-0.2, 0) is 11.2 Å². The molecule has 1 aromatic carbocycles. The molecule has 3 rings (SSSR count). The molecule has 3 nitrogen and oxygen atoms in total. The summed E-state index contributed by atoms with van der Waals surface area (Å²) in [5.41, 5.74) is 8.59. The lowest BCUT2D eigenvalue weighted by Crippen LogP contribution is -2.58. The van der Waals surface area contributed by atoms with E-state index in [1.54, 1.807) is 6.92 Å². The Morgan fingerprint density at radius 1 is 1.11 bits per heavy atom. The number of nitrogens with two attached hydrogens (primary N) is 1. The molecule has 198 valence electrons. The summed E-state index contributed by atoms with van der Waals surface area (Å²) < 4.78 is 0. The Balaban J connectivity index is 0.000000310. The first kappa shape index (κ1) is 31.2. The van der Waals surface area contributed by atoms with Crippen molar-refractivity contribution >= 4 is 11.5 Å². The third-order valence-corrected chi connectivity index (χ3v) is 8.47. The van der Waals surface area contributed by atoms with Gasteiger partial charge in [-0.15, -0.1) is 11.8 Å². The minimum atomic E-state index is 0.233. The smallest absolute Gasteiger partial charge is 0.132 e. The predicted octanol–water partition coefficient (Wildman–Crippen LogP) is 7.63. The van der Waals surface area contributed by atoms with Crippen molar-refractivity contribution in [1.29, 1.82) is 0 Å². The second-order valence-corrected chi connectivity index (χ2v) is 12.3. The van der Waals surface area contributed by atoms with Gasteiger partial charge in [0.2, 0.25) is 0 Å². The fourth-order valence-corrected chi connectivity index (χ4v) is 6.20. The lowest BCUT2D eigenvalue weighted by atomic mass is 9.75. The maximum atomic E-state index is 11.4. The fourth-order valence-electron chi connectivity index (χ4n) is 6.20. The first-order valence-electron chi connectivity index (χ1n) is 13.7. The number of rotatable bonds is 5. The number of ketones is 1. The van der Waals surface area contributed by atoms with Crippen LogP contribution in [0.3, 0.4) is 0 Å². The number of likely N-dealkylation sites (tertiary alicyclic amines) is 1. The van der Waals surface area contributed by atoms with E-state index in [1.165, 1.54) is 24.8 Å². The summed E-state index contributed by atoms with van der Waals surface area (Å²) in [4.78, 5) is 13.9. The molecule has 4 atom stereocenters. The molecule has 1 aromatic rings. The van der Waals surface area contributed by atoms with Gasteiger partial charge in [0.1, 0.15) is 5.78 Å². The van der Waals surface area contributed by atoms with Crippen molar-refractivity contribution in [3.63, 3.8) is 0 Å². The third-order valence-electron chi connectivity index (χ3n) is 8.47. The molecular weight excluding hydrogens is 428 g/mol. The Bertz CT molecular complexity index is 825. The van der Waals surface area contributed by atoms with Gasteiger partial charge in [-0.2, -0.15) is 0 Å². The maximum Gasteiger partial charge on any atom is 0.132 e. The van der Waals surface area contributed by atoms with Gasteiger partial charge in [0, 0.05) is 29.1 Å². The van der Waals surface area contributed by atoms with Crippen molar-refractivity contribution in [1.82, 2.24) is 4.90 Å². The zero-order valence-corrected chi connectivity index (χ0v) is 24.7. The Kier molecular flexibility index (Phi) is 12.0. The summed E-state index contributed by atoms with van der Waals surface area (Å²) in [7, 11) is 2.26.